The minimum absolute atomic E-state index is 0.0449. The molecule has 0 fully saturated rings. The molecule has 36 heavy (non-hydrogen) atoms. The highest BCUT2D eigenvalue weighted by atomic mass is 16.5. The molecule has 3 aromatic rings. The van der Waals surface area contributed by atoms with Crippen molar-refractivity contribution < 1.29 is 19.4 Å². The Morgan fingerprint density at radius 3 is 2.78 bits per heavy atom. The van der Waals surface area contributed by atoms with Gasteiger partial charge >= 0.3 is 0 Å². The molecule has 0 aliphatic heterocycles. The number of amides is 1. The second-order valence-corrected chi connectivity index (χ2v) is 9.14. The van der Waals surface area contributed by atoms with E-state index in [9.17, 15) is 14.7 Å². The molecule has 1 aromatic heterocycles. The summed E-state index contributed by atoms with van der Waals surface area (Å²) in [6, 6.07) is 17.6. The number of β-amino-alcohol motifs (C(OH)–C–C–N with tert-alkyl or cyclic N) is 1. The number of carbonyl (C=O) groups excluding carboxylic acids is 1. The summed E-state index contributed by atoms with van der Waals surface area (Å²) < 4.78 is 11.3. The Bertz CT molecular complexity index is 1260. The molecule has 4 N–H and O–H groups in total. The number of carbonyl (C=O) groups is 1. The zero-order valence-electron chi connectivity index (χ0n) is 20.5. The van der Waals surface area contributed by atoms with Crippen molar-refractivity contribution in [1.29, 1.82) is 5.26 Å². The first-order valence-electron chi connectivity index (χ1n) is 11.8. The maximum atomic E-state index is 12.2. The third-order valence-corrected chi connectivity index (χ3v) is 5.49. The van der Waals surface area contributed by atoms with Gasteiger partial charge in [0.1, 0.15) is 30.3 Å². The molecule has 9 nitrogen and oxygen atoms in total. The fourth-order valence-electron chi connectivity index (χ4n) is 3.44. The molecule has 0 aliphatic rings. The van der Waals surface area contributed by atoms with E-state index in [1.807, 2.05) is 19.9 Å². The van der Waals surface area contributed by atoms with E-state index in [0.29, 0.717) is 43.1 Å². The molecule has 3 rings (SSSR count). The number of aliphatic hydroxyl groups excluding tert-OH is 1. The highest BCUT2D eigenvalue weighted by molar-refractivity contribution is 5.79. The normalized spacial score (nSPS) is 12.1. The molecule has 1 heterocycles. The van der Waals surface area contributed by atoms with E-state index >= 15 is 0 Å². The number of fused-ring (bicyclic) bond motifs is 1. The maximum Gasteiger partial charge on any atom is 0.248 e. The minimum atomic E-state index is -0.778. The third-order valence-electron chi connectivity index (χ3n) is 5.49. The average Bonchev–Trinajstić information content (AvgIpc) is 2.87. The van der Waals surface area contributed by atoms with E-state index in [4.69, 9.17) is 14.7 Å². The molecule has 9 heteroatoms. The Morgan fingerprint density at radius 2 is 1.97 bits per heavy atom. The number of H-pyrrole nitrogens is 1. The van der Waals surface area contributed by atoms with Crippen LogP contribution >= 0.6 is 0 Å². The van der Waals surface area contributed by atoms with Crippen LogP contribution in [0.5, 0.6) is 11.5 Å². The van der Waals surface area contributed by atoms with E-state index in [1.54, 1.807) is 42.5 Å². The Hall–Kier alpha value is -3.87. The molecule has 2 aromatic carbocycles. The average molecular weight is 493 g/mol. The lowest BCUT2D eigenvalue weighted by Gasteiger charge is -2.28. The van der Waals surface area contributed by atoms with E-state index < -0.39 is 11.6 Å². The van der Waals surface area contributed by atoms with Crippen LogP contribution in [0.4, 0.5) is 0 Å². The van der Waals surface area contributed by atoms with Gasteiger partial charge in [-0.05, 0) is 56.7 Å². The van der Waals surface area contributed by atoms with Crippen LogP contribution in [0.3, 0.4) is 0 Å². The van der Waals surface area contributed by atoms with E-state index in [0.717, 1.165) is 10.9 Å². The van der Waals surface area contributed by atoms with Crippen LogP contribution in [-0.2, 0) is 4.79 Å². The number of aromatic amines is 1. The van der Waals surface area contributed by atoms with Gasteiger partial charge in [-0.1, -0.05) is 12.1 Å². The van der Waals surface area contributed by atoms with Gasteiger partial charge in [0.05, 0.1) is 12.2 Å². The fourth-order valence-corrected chi connectivity index (χ4v) is 3.44. The Kier molecular flexibility index (Phi) is 9.45. The summed E-state index contributed by atoms with van der Waals surface area (Å²) in [4.78, 5) is 26.4. The van der Waals surface area contributed by atoms with Crippen LogP contribution < -0.4 is 25.7 Å². The van der Waals surface area contributed by atoms with Gasteiger partial charge in [0.2, 0.25) is 11.5 Å². The molecule has 0 saturated carbocycles. The summed E-state index contributed by atoms with van der Waals surface area (Å²) in [5.74, 6) is 1.03. The molecule has 190 valence electrons. The molecular formula is C27H32N4O5. The number of para-hydroxylation sites is 1. The molecule has 0 unspecified atom stereocenters. The van der Waals surface area contributed by atoms with Gasteiger partial charge in [0, 0.05) is 42.0 Å². The van der Waals surface area contributed by atoms with Crippen molar-refractivity contribution in [3.63, 3.8) is 0 Å². The third kappa shape index (κ3) is 8.41. The van der Waals surface area contributed by atoms with Gasteiger partial charge in [0.25, 0.3) is 0 Å². The summed E-state index contributed by atoms with van der Waals surface area (Å²) >= 11 is 0. The van der Waals surface area contributed by atoms with Crippen LogP contribution in [0.1, 0.15) is 32.3 Å². The fraction of sp³-hybridized carbons (Fsp3) is 0.370. The van der Waals surface area contributed by atoms with Crippen LogP contribution in [0.15, 0.2) is 59.4 Å². The summed E-state index contributed by atoms with van der Waals surface area (Å²) in [7, 11) is 0. The van der Waals surface area contributed by atoms with Crippen molar-refractivity contribution in [3.05, 3.63) is 70.5 Å². The molecule has 0 radical (unpaired) electrons. The van der Waals surface area contributed by atoms with Crippen molar-refractivity contribution in [2.75, 3.05) is 26.3 Å². The number of benzene rings is 2. The van der Waals surface area contributed by atoms with Gasteiger partial charge in [-0.25, -0.2) is 0 Å². The van der Waals surface area contributed by atoms with Crippen molar-refractivity contribution >= 4 is 16.8 Å². The highest BCUT2D eigenvalue weighted by Gasteiger charge is 2.20. The van der Waals surface area contributed by atoms with Gasteiger partial charge in [0.15, 0.2) is 0 Å². The highest BCUT2D eigenvalue weighted by Crippen LogP contribution is 2.19. The predicted molar refractivity (Wildman–Crippen MR) is 137 cm³/mol. The monoisotopic (exact) mass is 492 g/mol. The summed E-state index contributed by atoms with van der Waals surface area (Å²) in [6.45, 7) is 4.96. The van der Waals surface area contributed by atoms with Gasteiger partial charge in [-0.3, -0.25) is 9.59 Å². The molecule has 1 atom stereocenters. The Labute approximate surface area is 210 Å². The minimum Gasteiger partial charge on any atom is -0.494 e. The zero-order chi connectivity index (χ0) is 26.0. The summed E-state index contributed by atoms with van der Waals surface area (Å²) in [5.41, 5.74) is 0.573. The quantitative estimate of drug-likeness (QED) is 0.269. The molecule has 1 amide bonds. The smallest absolute Gasteiger partial charge is 0.248 e. The molecule has 0 saturated heterocycles. The van der Waals surface area contributed by atoms with Crippen molar-refractivity contribution in [2.24, 2.45) is 0 Å². The first-order chi connectivity index (χ1) is 17.3. The second kappa shape index (κ2) is 12.7. The van der Waals surface area contributed by atoms with E-state index in [2.05, 4.69) is 21.7 Å². The van der Waals surface area contributed by atoms with E-state index in [-0.39, 0.29) is 24.6 Å². The number of nitrogens with one attached hydrogen (secondary N) is 3. The van der Waals surface area contributed by atoms with Crippen LogP contribution in [0.25, 0.3) is 10.9 Å². The van der Waals surface area contributed by atoms with Gasteiger partial charge < -0.3 is 30.2 Å². The lowest BCUT2D eigenvalue weighted by atomic mass is 10.1. The number of rotatable bonds is 13. The van der Waals surface area contributed by atoms with E-state index in [1.165, 1.54) is 6.07 Å². The number of aromatic nitrogens is 1. The number of pyridine rings is 1. The molecular weight excluding hydrogens is 460 g/mol. The predicted octanol–water partition coefficient (Wildman–Crippen LogP) is 2.48. The topological polar surface area (TPSA) is 136 Å². The maximum absolute atomic E-state index is 12.2. The number of ether oxygens (including phenoxy) is 2. The van der Waals surface area contributed by atoms with Crippen LogP contribution in [0, 0.1) is 11.3 Å². The zero-order valence-corrected chi connectivity index (χ0v) is 20.5. The molecule has 0 spiro atoms. The SMILES string of the molecule is CC(C)(CNC(=O)CCCOc1ccc2[nH]c(=O)ccc2c1)NC[C@H](O)COc1ccccc1C#N. The lowest BCUT2D eigenvalue weighted by molar-refractivity contribution is -0.121. The van der Waals surface area contributed by atoms with Crippen molar-refractivity contribution in [3.8, 4) is 17.6 Å². The number of hydrogen-bond donors (Lipinski definition) is 4. The number of nitrogens with zero attached hydrogens (tertiary/aromatic N) is 1. The van der Waals surface area contributed by atoms with Gasteiger partial charge in [-0.2, -0.15) is 5.26 Å². The Morgan fingerprint density at radius 1 is 1.17 bits per heavy atom. The standard InChI is InChI=1S/C27H32N4O5/c1-27(2,30-16-21(32)17-36-24-7-4-3-6-20(24)15-28)18-29-25(33)8-5-13-35-22-10-11-23-19(14-22)9-12-26(34)31-23/h3-4,6-7,9-12,14,21,30,32H,5,8,13,16-18H2,1-2H3,(H,29,33)(H,31,34)/t21-/m0/s1. The number of hydrogen-bond acceptors (Lipinski definition) is 7. The molecule has 0 aliphatic carbocycles. The summed E-state index contributed by atoms with van der Waals surface area (Å²) in [5, 5.41) is 26.4. The first kappa shape index (κ1) is 26.7. The lowest BCUT2D eigenvalue weighted by Crippen LogP contribution is -2.51. The Balaban J connectivity index is 1.31. The molecule has 0 bridgehead atoms. The van der Waals surface area contributed by atoms with Crippen molar-refractivity contribution in [1.82, 2.24) is 15.6 Å². The second-order valence-electron chi connectivity index (χ2n) is 9.14. The largest absolute Gasteiger partial charge is 0.494 e. The van der Waals surface area contributed by atoms with Crippen molar-refractivity contribution in [2.45, 2.75) is 38.3 Å². The summed E-state index contributed by atoms with van der Waals surface area (Å²) in [6.07, 6.45) is 0.106. The first-order valence-corrected chi connectivity index (χ1v) is 11.8. The van der Waals surface area contributed by atoms with Crippen LogP contribution in [0.2, 0.25) is 0 Å². The number of nitriles is 1. The van der Waals surface area contributed by atoms with Crippen LogP contribution in [-0.4, -0.2) is 53.9 Å². The van der Waals surface area contributed by atoms with Gasteiger partial charge in [-0.15, -0.1) is 0 Å². The number of aliphatic hydroxyl groups is 1.